The van der Waals surface area contributed by atoms with Crippen molar-refractivity contribution in [3.63, 3.8) is 0 Å². The van der Waals surface area contributed by atoms with E-state index in [2.05, 4.69) is 55.2 Å². The molecule has 1 aromatic rings. The van der Waals surface area contributed by atoms with Gasteiger partial charge in [0.15, 0.2) is 0 Å². The molecule has 21 heavy (non-hydrogen) atoms. The first-order valence-electron chi connectivity index (χ1n) is 7.94. The van der Waals surface area contributed by atoms with Gasteiger partial charge in [0.25, 0.3) is 0 Å². The molecule has 1 aliphatic rings. The van der Waals surface area contributed by atoms with Gasteiger partial charge in [-0.3, -0.25) is 9.80 Å². The van der Waals surface area contributed by atoms with E-state index in [4.69, 9.17) is 4.98 Å². The van der Waals surface area contributed by atoms with Crippen LogP contribution in [-0.2, 0) is 13.1 Å². The molecule has 1 saturated heterocycles. The lowest BCUT2D eigenvalue weighted by atomic mass is 10.00. The minimum atomic E-state index is 0.260. The molecule has 0 atom stereocenters. The molecule has 0 saturated carbocycles. The Balaban J connectivity index is 1.82. The lowest BCUT2D eigenvalue weighted by Gasteiger charge is -2.45. The van der Waals surface area contributed by atoms with Crippen LogP contribution in [-0.4, -0.2) is 53.5 Å². The van der Waals surface area contributed by atoms with Gasteiger partial charge in [0.05, 0.1) is 5.69 Å². The van der Waals surface area contributed by atoms with Crippen molar-refractivity contribution in [2.75, 3.05) is 33.2 Å². The van der Waals surface area contributed by atoms with Crippen LogP contribution in [0.15, 0.2) is 5.38 Å². The van der Waals surface area contributed by atoms with Crippen molar-refractivity contribution in [2.24, 2.45) is 5.92 Å². The number of nitrogens with one attached hydrogen (secondary N) is 1. The highest BCUT2D eigenvalue weighted by molar-refractivity contribution is 7.09. The fraction of sp³-hybridized carbons (Fsp3) is 0.812. The van der Waals surface area contributed by atoms with Crippen molar-refractivity contribution in [1.29, 1.82) is 0 Å². The predicted molar refractivity (Wildman–Crippen MR) is 90.6 cm³/mol. The van der Waals surface area contributed by atoms with Gasteiger partial charge in [-0.1, -0.05) is 13.8 Å². The fourth-order valence-corrected chi connectivity index (χ4v) is 3.43. The number of thiazole rings is 1. The molecule has 0 radical (unpaired) electrons. The van der Waals surface area contributed by atoms with Gasteiger partial charge in [-0.15, -0.1) is 11.3 Å². The number of nitrogens with zero attached hydrogens (tertiary/aromatic N) is 3. The number of likely N-dealkylation sites (N-methyl/N-ethyl adjacent to an activating group) is 1. The van der Waals surface area contributed by atoms with E-state index < -0.39 is 0 Å². The summed E-state index contributed by atoms with van der Waals surface area (Å²) in [6.45, 7) is 15.4. The molecule has 2 heterocycles. The Morgan fingerprint density at radius 3 is 2.81 bits per heavy atom. The summed E-state index contributed by atoms with van der Waals surface area (Å²) >= 11 is 1.78. The zero-order valence-electron chi connectivity index (χ0n) is 14.1. The third-order valence-corrected chi connectivity index (χ3v) is 5.11. The summed E-state index contributed by atoms with van der Waals surface area (Å²) in [6, 6.07) is 0. The Bertz CT molecular complexity index is 441. The van der Waals surface area contributed by atoms with E-state index in [0.29, 0.717) is 5.92 Å². The molecule has 1 N–H and O–H groups in total. The molecular formula is C16H30N4S. The van der Waals surface area contributed by atoms with Crippen LogP contribution in [0, 0.1) is 5.92 Å². The Morgan fingerprint density at radius 1 is 1.38 bits per heavy atom. The molecule has 1 fully saturated rings. The fourth-order valence-electron chi connectivity index (χ4n) is 2.68. The number of piperazine rings is 1. The average Bonchev–Trinajstić information content (AvgIpc) is 2.81. The number of aromatic nitrogens is 1. The summed E-state index contributed by atoms with van der Waals surface area (Å²) in [7, 11) is 2.22. The Hall–Kier alpha value is -0.490. The number of rotatable bonds is 6. The molecule has 1 aromatic heterocycles. The van der Waals surface area contributed by atoms with Crippen molar-refractivity contribution in [3.8, 4) is 0 Å². The predicted octanol–water partition coefficient (Wildman–Crippen LogP) is 2.41. The molecule has 1 aliphatic heterocycles. The number of hydrogen-bond donors (Lipinski definition) is 1. The summed E-state index contributed by atoms with van der Waals surface area (Å²) in [5.74, 6) is 0.692. The zero-order chi connectivity index (χ0) is 15.5. The molecule has 0 unspecified atom stereocenters. The van der Waals surface area contributed by atoms with Crippen LogP contribution in [0.4, 0.5) is 0 Å². The van der Waals surface area contributed by atoms with E-state index in [1.54, 1.807) is 11.3 Å². The summed E-state index contributed by atoms with van der Waals surface area (Å²) < 4.78 is 0. The second-order valence-corrected chi connectivity index (χ2v) is 8.14. The molecule has 2 rings (SSSR count). The maximum atomic E-state index is 4.77. The quantitative estimate of drug-likeness (QED) is 0.874. The van der Waals surface area contributed by atoms with Crippen molar-refractivity contribution in [1.82, 2.24) is 20.1 Å². The van der Waals surface area contributed by atoms with Gasteiger partial charge < -0.3 is 5.32 Å². The van der Waals surface area contributed by atoms with Crippen LogP contribution < -0.4 is 5.32 Å². The lowest BCUT2D eigenvalue weighted by Crippen LogP contribution is -2.57. The van der Waals surface area contributed by atoms with Gasteiger partial charge in [0.1, 0.15) is 5.01 Å². The summed E-state index contributed by atoms with van der Waals surface area (Å²) in [4.78, 5) is 9.75. The summed E-state index contributed by atoms with van der Waals surface area (Å²) in [5, 5.41) is 6.89. The molecule has 0 aliphatic carbocycles. The van der Waals surface area contributed by atoms with Gasteiger partial charge in [0, 0.05) is 43.6 Å². The maximum absolute atomic E-state index is 4.77. The first kappa shape index (κ1) is 16.9. The van der Waals surface area contributed by atoms with Gasteiger partial charge in [-0.05, 0) is 33.4 Å². The van der Waals surface area contributed by atoms with E-state index in [0.717, 1.165) is 39.3 Å². The second-order valence-electron chi connectivity index (χ2n) is 7.20. The van der Waals surface area contributed by atoms with E-state index in [1.165, 1.54) is 10.7 Å². The van der Waals surface area contributed by atoms with Crippen LogP contribution >= 0.6 is 11.3 Å². The van der Waals surface area contributed by atoms with Crippen LogP contribution in [0.5, 0.6) is 0 Å². The SMILES string of the molecule is CC(C)CNCc1nc(CN2CCN(C)C(C)(C)C2)cs1. The molecule has 0 aromatic carbocycles. The van der Waals surface area contributed by atoms with Gasteiger partial charge in [0.2, 0.25) is 0 Å². The Labute approximate surface area is 133 Å². The zero-order valence-corrected chi connectivity index (χ0v) is 15.0. The highest BCUT2D eigenvalue weighted by Crippen LogP contribution is 2.21. The van der Waals surface area contributed by atoms with Crippen molar-refractivity contribution in [2.45, 2.75) is 46.3 Å². The highest BCUT2D eigenvalue weighted by atomic mass is 32.1. The van der Waals surface area contributed by atoms with Crippen molar-refractivity contribution >= 4 is 11.3 Å². The molecule has 120 valence electrons. The topological polar surface area (TPSA) is 31.4 Å². The largest absolute Gasteiger partial charge is 0.310 e. The van der Waals surface area contributed by atoms with Crippen molar-refractivity contribution in [3.05, 3.63) is 16.1 Å². The first-order chi connectivity index (χ1) is 9.87. The molecular weight excluding hydrogens is 280 g/mol. The van der Waals surface area contributed by atoms with Crippen LogP contribution in [0.1, 0.15) is 38.4 Å². The standard InChI is InChI=1S/C16H30N4S/c1-13(2)8-17-9-15-18-14(11-21-15)10-20-7-6-19(5)16(3,4)12-20/h11,13,17H,6-10,12H2,1-5H3. The average molecular weight is 311 g/mol. The van der Waals surface area contributed by atoms with Gasteiger partial charge in [-0.2, -0.15) is 0 Å². The molecule has 0 bridgehead atoms. The monoisotopic (exact) mass is 310 g/mol. The van der Waals surface area contributed by atoms with Crippen molar-refractivity contribution < 1.29 is 0 Å². The third kappa shape index (κ3) is 5.02. The molecule has 5 heteroatoms. The molecule has 0 amide bonds. The Morgan fingerprint density at radius 2 is 2.14 bits per heavy atom. The third-order valence-electron chi connectivity index (χ3n) is 4.21. The smallest absolute Gasteiger partial charge is 0.107 e. The van der Waals surface area contributed by atoms with Gasteiger partial charge in [-0.25, -0.2) is 4.98 Å². The normalized spacial score (nSPS) is 20.3. The van der Waals surface area contributed by atoms with Crippen LogP contribution in [0.3, 0.4) is 0 Å². The van der Waals surface area contributed by atoms with Crippen LogP contribution in [0.25, 0.3) is 0 Å². The van der Waals surface area contributed by atoms with E-state index in [-0.39, 0.29) is 5.54 Å². The summed E-state index contributed by atoms with van der Waals surface area (Å²) in [6.07, 6.45) is 0. The first-order valence-corrected chi connectivity index (χ1v) is 8.82. The Kier molecular flexibility index (Phi) is 5.77. The van der Waals surface area contributed by atoms with E-state index >= 15 is 0 Å². The maximum Gasteiger partial charge on any atom is 0.107 e. The second kappa shape index (κ2) is 7.18. The van der Waals surface area contributed by atoms with E-state index in [1.807, 2.05) is 0 Å². The lowest BCUT2D eigenvalue weighted by molar-refractivity contribution is 0.0355. The van der Waals surface area contributed by atoms with E-state index in [9.17, 15) is 0 Å². The molecule has 4 nitrogen and oxygen atoms in total. The minimum Gasteiger partial charge on any atom is -0.310 e. The number of hydrogen-bond acceptors (Lipinski definition) is 5. The summed E-state index contributed by atoms with van der Waals surface area (Å²) in [5.41, 5.74) is 1.48. The highest BCUT2D eigenvalue weighted by Gasteiger charge is 2.31. The van der Waals surface area contributed by atoms with Crippen LogP contribution in [0.2, 0.25) is 0 Å². The molecule has 0 spiro atoms. The van der Waals surface area contributed by atoms with Gasteiger partial charge >= 0.3 is 0 Å². The minimum absolute atomic E-state index is 0.260.